The lowest BCUT2D eigenvalue weighted by Gasteiger charge is -2.07. The van der Waals surface area contributed by atoms with Gasteiger partial charge in [0, 0.05) is 28.9 Å². The quantitative estimate of drug-likeness (QED) is 0.625. The van der Waals surface area contributed by atoms with Gasteiger partial charge in [0.25, 0.3) is 5.69 Å². The molecule has 5 nitrogen and oxygen atoms in total. The molecule has 3 rings (SSSR count). The van der Waals surface area contributed by atoms with Crippen molar-refractivity contribution in [2.75, 3.05) is 11.9 Å². The Hall–Kier alpha value is -2.21. The summed E-state index contributed by atoms with van der Waals surface area (Å²) in [5, 5.41) is 10.6. The van der Waals surface area contributed by atoms with E-state index in [4.69, 9.17) is 0 Å². The highest BCUT2D eigenvalue weighted by Crippen LogP contribution is 2.40. The second-order valence-corrected chi connectivity index (χ2v) is 5.49. The summed E-state index contributed by atoms with van der Waals surface area (Å²) in [5.41, 5.74) is 1.97. The van der Waals surface area contributed by atoms with Crippen molar-refractivity contribution < 1.29 is 9.72 Å². The van der Waals surface area contributed by atoms with E-state index in [1.54, 1.807) is 35.4 Å². The standard InChI is InChI=1S/C13H10N2O3S/c1-14-10-6-11(19-12(10)7-13(14)16)8-2-4-9(5-3-8)15(17)18/h2-6H,7H2,1H3. The number of carbonyl (C=O) groups is 1. The van der Waals surface area contributed by atoms with Gasteiger partial charge in [-0.3, -0.25) is 14.9 Å². The Kier molecular flexibility index (Phi) is 2.60. The van der Waals surface area contributed by atoms with Gasteiger partial charge >= 0.3 is 0 Å². The maximum absolute atomic E-state index is 11.5. The molecular formula is C13H10N2O3S. The normalized spacial score (nSPS) is 13.7. The molecule has 6 heteroatoms. The predicted octanol–water partition coefficient (Wildman–Crippen LogP) is 2.84. The Labute approximate surface area is 113 Å². The molecule has 0 fully saturated rings. The van der Waals surface area contributed by atoms with E-state index >= 15 is 0 Å². The van der Waals surface area contributed by atoms with Gasteiger partial charge in [0.05, 0.1) is 17.0 Å². The van der Waals surface area contributed by atoms with E-state index in [-0.39, 0.29) is 11.6 Å². The lowest BCUT2D eigenvalue weighted by atomic mass is 10.1. The van der Waals surface area contributed by atoms with Gasteiger partial charge in [-0.2, -0.15) is 0 Å². The van der Waals surface area contributed by atoms with E-state index < -0.39 is 4.92 Å². The van der Waals surface area contributed by atoms with Crippen molar-refractivity contribution in [3.8, 4) is 10.4 Å². The van der Waals surface area contributed by atoms with Crippen LogP contribution in [0, 0.1) is 10.1 Å². The highest BCUT2D eigenvalue weighted by Gasteiger charge is 2.26. The van der Waals surface area contributed by atoms with Gasteiger partial charge < -0.3 is 4.90 Å². The highest BCUT2D eigenvalue weighted by molar-refractivity contribution is 7.16. The van der Waals surface area contributed by atoms with Crippen LogP contribution in [0.1, 0.15) is 4.88 Å². The van der Waals surface area contributed by atoms with Crippen LogP contribution < -0.4 is 4.90 Å². The number of nitrogens with zero attached hydrogens (tertiary/aromatic N) is 2. The number of rotatable bonds is 2. The summed E-state index contributed by atoms with van der Waals surface area (Å²) in [6, 6.07) is 8.43. The molecule has 96 valence electrons. The molecule has 0 unspecified atom stereocenters. The van der Waals surface area contributed by atoms with Crippen LogP contribution in [-0.4, -0.2) is 17.9 Å². The van der Waals surface area contributed by atoms with Crippen molar-refractivity contribution in [1.82, 2.24) is 0 Å². The summed E-state index contributed by atoms with van der Waals surface area (Å²) in [4.78, 5) is 25.4. The molecule has 2 aromatic rings. The van der Waals surface area contributed by atoms with Crippen molar-refractivity contribution >= 4 is 28.6 Å². The summed E-state index contributed by atoms with van der Waals surface area (Å²) < 4.78 is 0. The molecule has 2 heterocycles. The average molecular weight is 274 g/mol. The number of non-ortho nitro benzene ring substituents is 1. The van der Waals surface area contributed by atoms with Gasteiger partial charge in [-0.05, 0) is 23.8 Å². The van der Waals surface area contributed by atoms with Crippen LogP contribution in [0.2, 0.25) is 0 Å². The molecule has 0 aliphatic carbocycles. The molecule has 0 N–H and O–H groups in total. The fourth-order valence-electron chi connectivity index (χ4n) is 2.11. The third-order valence-electron chi connectivity index (χ3n) is 3.20. The Bertz CT molecular complexity index is 676. The van der Waals surface area contributed by atoms with Crippen LogP contribution in [0.15, 0.2) is 30.3 Å². The van der Waals surface area contributed by atoms with Gasteiger partial charge in [-0.15, -0.1) is 11.3 Å². The molecule has 1 aromatic carbocycles. The third-order valence-corrected chi connectivity index (χ3v) is 4.37. The topological polar surface area (TPSA) is 63.5 Å². The summed E-state index contributed by atoms with van der Waals surface area (Å²) in [6.45, 7) is 0. The second kappa shape index (κ2) is 4.17. The molecule has 0 atom stereocenters. The first-order chi connectivity index (χ1) is 9.06. The number of nitro benzene ring substituents is 1. The minimum atomic E-state index is -0.412. The van der Waals surface area contributed by atoms with Crippen LogP contribution in [0.5, 0.6) is 0 Å². The molecule has 1 aromatic heterocycles. The molecule has 19 heavy (non-hydrogen) atoms. The first kappa shape index (κ1) is 11.9. The fraction of sp³-hybridized carbons (Fsp3) is 0.154. The van der Waals surface area contributed by atoms with Gasteiger partial charge in [0.2, 0.25) is 5.91 Å². The zero-order valence-electron chi connectivity index (χ0n) is 10.1. The van der Waals surface area contributed by atoms with E-state index in [1.165, 1.54) is 12.1 Å². The molecular weight excluding hydrogens is 264 g/mol. The fourth-order valence-corrected chi connectivity index (χ4v) is 3.30. The van der Waals surface area contributed by atoms with Gasteiger partial charge in [0.15, 0.2) is 0 Å². The first-order valence-corrected chi connectivity index (χ1v) is 6.52. The van der Waals surface area contributed by atoms with Crippen LogP contribution in [0.4, 0.5) is 11.4 Å². The number of anilines is 1. The minimum absolute atomic E-state index is 0.0835. The number of nitro groups is 1. The summed E-state index contributed by atoms with van der Waals surface area (Å²) in [7, 11) is 1.76. The van der Waals surface area contributed by atoms with Crippen molar-refractivity contribution in [3.05, 3.63) is 45.3 Å². The Morgan fingerprint density at radius 2 is 2.00 bits per heavy atom. The van der Waals surface area contributed by atoms with Crippen molar-refractivity contribution in [1.29, 1.82) is 0 Å². The number of hydrogen-bond donors (Lipinski definition) is 0. The number of fused-ring (bicyclic) bond motifs is 1. The lowest BCUT2D eigenvalue weighted by molar-refractivity contribution is -0.384. The molecule has 0 radical (unpaired) electrons. The van der Waals surface area contributed by atoms with E-state index in [9.17, 15) is 14.9 Å². The van der Waals surface area contributed by atoms with Gasteiger partial charge in [0.1, 0.15) is 0 Å². The van der Waals surface area contributed by atoms with Gasteiger partial charge in [-0.25, -0.2) is 0 Å². The van der Waals surface area contributed by atoms with Crippen molar-refractivity contribution in [2.45, 2.75) is 6.42 Å². The van der Waals surface area contributed by atoms with E-state index in [1.807, 2.05) is 6.07 Å². The average Bonchev–Trinajstić information content (AvgIpc) is 2.91. The second-order valence-electron chi connectivity index (χ2n) is 4.35. The molecule has 0 spiro atoms. The molecule has 1 aliphatic heterocycles. The SMILES string of the molecule is CN1C(=O)Cc2sc(-c3ccc([N+](=O)[O-])cc3)cc21. The summed E-state index contributed by atoms with van der Waals surface area (Å²) in [5.74, 6) is 0.108. The Morgan fingerprint density at radius 1 is 1.32 bits per heavy atom. The minimum Gasteiger partial charge on any atom is -0.314 e. The molecule has 0 bridgehead atoms. The maximum atomic E-state index is 11.5. The largest absolute Gasteiger partial charge is 0.314 e. The predicted molar refractivity (Wildman–Crippen MR) is 73.5 cm³/mol. The molecule has 1 aliphatic rings. The van der Waals surface area contributed by atoms with Crippen molar-refractivity contribution in [2.24, 2.45) is 0 Å². The van der Waals surface area contributed by atoms with Crippen LogP contribution in [0.3, 0.4) is 0 Å². The number of amides is 1. The number of thiophene rings is 1. The molecule has 0 saturated heterocycles. The number of likely N-dealkylation sites (N-methyl/N-ethyl adjacent to an activating group) is 1. The van der Waals surface area contributed by atoms with E-state index in [2.05, 4.69) is 0 Å². The molecule has 0 saturated carbocycles. The van der Waals surface area contributed by atoms with E-state index in [0.717, 1.165) is 21.0 Å². The third kappa shape index (κ3) is 1.90. The first-order valence-electron chi connectivity index (χ1n) is 5.70. The highest BCUT2D eigenvalue weighted by atomic mass is 32.1. The van der Waals surface area contributed by atoms with Crippen LogP contribution in [-0.2, 0) is 11.2 Å². The van der Waals surface area contributed by atoms with Crippen molar-refractivity contribution in [3.63, 3.8) is 0 Å². The number of benzene rings is 1. The summed E-state index contributed by atoms with van der Waals surface area (Å²) in [6.07, 6.45) is 0.448. The monoisotopic (exact) mass is 274 g/mol. The Morgan fingerprint density at radius 3 is 2.58 bits per heavy atom. The lowest BCUT2D eigenvalue weighted by Crippen LogP contribution is -2.20. The zero-order valence-corrected chi connectivity index (χ0v) is 10.9. The molecule has 1 amide bonds. The zero-order chi connectivity index (χ0) is 13.6. The van der Waals surface area contributed by atoms with Crippen LogP contribution >= 0.6 is 11.3 Å². The summed E-state index contributed by atoms with van der Waals surface area (Å²) >= 11 is 1.56. The van der Waals surface area contributed by atoms with Gasteiger partial charge in [-0.1, -0.05) is 0 Å². The Balaban J connectivity index is 1.96. The number of carbonyl (C=O) groups excluding carboxylic acids is 1. The maximum Gasteiger partial charge on any atom is 0.269 e. The van der Waals surface area contributed by atoms with E-state index in [0.29, 0.717) is 6.42 Å². The van der Waals surface area contributed by atoms with Crippen LogP contribution in [0.25, 0.3) is 10.4 Å². The number of hydrogen-bond acceptors (Lipinski definition) is 4. The smallest absolute Gasteiger partial charge is 0.269 e.